The molecule has 0 amide bonds. The Hall–Kier alpha value is -0.491. The van der Waals surface area contributed by atoms with Gasteiger partial charge in [0.15, 0.2) is 11.9 Å². The number of ether oxygens (including phenoxy) is 1. The zero-order valence-electron chi connectivity index (χ0n) is 7.47. The van der Waals surface area contributed by atoms with Crippen molar-refractivity contribution in [3.8, 4) is 0 Å². The van der Waals surface area contributed by atoms with E-state index in [4.69, 9.17) is 21.3 Å². The van der Waals surface area contributed by atoms with Crippen LogP contribution in [0.15, 0.2) is 0 Å². The Labute approximate surface area is 99.4 Å². The number of halogens is 1. The van der Waals surface area contributed by atoms with Gasteiger partial charge in [0.05, 0.1) is 13.2 Å². The maximum Gasteiger partial charge on any atom is 0.198 e. The molecule has 8 heteroatoms. The second-order valence-corrected chi connectivity index (χ2v) is 2.49. The number of hydrogen-bond donors (Lipinski definition) is 4. The summed E-state index contributed by atoms with van der Waals surface area (Å²) in [6.45, 7) is 2.61. The van der Waals surface area contributed by atoms with Gasteiger partial charge in [-0.25, -0.2) is 0 Å². The van der Waals surface area contributed by atoms with Gasteiger partial charge in [-0.05, 0) is 0 Å². The Morgan fingerprint density at radius 1 is 1.29 bits per heavy atom. The first kappa shape index (κ1) is 16.0. The van der Waals surface area contributed by atoms with Crippen LogP contribution >= 0.6 is 12.4 Å². The van der Waals surface area contributed by atoms with E-state index < -0.39 is 0 Å². The van der Waals surface area contributed by atoms with Gasteiger partial charge >= 0.3 is 0 Å². The number of nitrogens with two attached hydrogens (primary N) is 1. The maximum atomic E-state index is 7.45. The van der Waals surface area contributed by atoms with Crippen molar-refractivity contribution in [3.63, 3.8) is 0 Å². The Morgan fingerprint density at radius 2 is 1.79 bits per heavy atom. The normalized spacial score (nSPS) is 14.7. The van der Waals surface area contributed by atoms with E-state index in [9.17, 15) is 0 Å². The summed E-state index contributed by atoms with van der Waals surface area (Å²) in [5, 5.41) is 16.8. The standard InChI is InChI=1S/C6H13N5O.ClH.Cu/c7-5(8)10-6(9)11-1-3-12-4-2-11;;/h1-4H2,(H5,7,8,9,10);1H;. The van der Waals surface area contributed by atoms with Crippen LogP contribution in [0.4, 0.5) is 0 Å². The zero-order valence-corrected chi connectivity index (χ0v) is 9.23. The molecule has 6 nitrogen and oxygen atoms in total. The van der Waals surface area contributed by atoms with Gasteiger partial charge in [0.2, 0.25) is 0 Å². The van der Waals surface area contributed by atoms with Gasteiger partial charge in [-0.15, -0.1) is 12.4 Å². The Morgan fingerprint density at radius 3 is 2.21 bits per heavy atom. The quantitative estimate of drug-likeness (QED) is 0.262. The van der Waals surface area contributed by atoms with E-state index in [0.717, 1.165) is 0 Å². The molecular weight excluding hydrogens is 257 g/mol. The molecule has 0 aromatic rings. The average molecular weight is 271 g/mol. The van der Waals surface area contributed by atoms with E-state index in [0.29, 0.717) is 26.3 Å². The number of nitrogens with one attached hydrogen (secondary N) is 3. The average Bonchev–Trinajstić information content (AvgIpc) is 2.05. The van der Waals surface area contributed by atoms with Crippen LogP contribution in [0.3, 0.4) is 0 Å². The predicted molar refractivity (Wildman–Crippen MR) is 52.4 cm³/mol. The van der Waals surface area contributed by atoms with Crippen molar-refractivity contribution in [2.75, 3.05) is 26.3 Å². The summed E-state index contributed by atoms with van der Waals surface area (Å²) in [4.78, 5) is 1.78. The second-order valence-electron chi connectivity index (χ2n) is 2.49. The molecule has 87 valence electrons. The van der Waals surface area contributed by atoms with Gasteiger partial charge in [-0.3, -0.25) is 16.1 Å². The Bertz CT molecular complexity index is 197. The first-order valence-electron chi connectivity index (χ1n) is 3.72. The minimum Gasteiger partial charge on any atom is -0.378 e. The van der Waals surface area contributed by atoms with Crippen LogP contribution in [0, 0.1) is 10.8 Å². The summed E-state index contributed by atoms with van der Waals surface area (Å²) >= 11 is 0. The Balaban J connectivity index is 0. The molecule has 0 spiro atoms. The molecule has 14 heavy (non-hydrogen) atoms. The number of hydrogen-bond acceptors (Lipinski definition) is 3. The molecule has 1 aliphatic rings. The van der Waals surface area contributed by atoms with Crippen LogP contribution < -0.4 is 11.1 Å². The molecule has 5 N–H and O–H groups in total. The third kappa shape index (κ3) is 5.28. The summed E-state index contributed by atoms with van der Waals surface area (Å²) in [5.74, 6) is -0.0303. The molecule has 0 aromatic carbocycles. The molecule has 1 saturated heterocycles. The van der Waals surface area contributed by atoms with Gasteiger partial charge in [-0.2, -0.15) is 0 Å². The largest absolute Gasteiger partial charge is 0.378 e. The molecule has 0 saturated carbocycles. The summed E-state index contributed by atoms with van der Waals surface area (Å²) < 4.78 is 5.10. The van der Waals surface area contributed by atoms with Crippen molar-refractivity contribution in [1.82, 2.24) is 10.2 Å². The Kier molecular flexibility index (Phi) is 8.97. The monoisotopic (exact) mass is 270 g/mol. The van der Waals surface area contributed by atoms with E-state index >= 15 is 0 Å². The minimum atomic E-state index is -0.202. The van der Waals surface area contributed by atoms with Crippen molar-refractivity contribution in [3.05, 3.63) is 0 Å². The summed E-state index contributed by atoms with van der Waals surface area (Å²) in [6, 6.07) is 0. The van der Waals surface area contributed by atoms with Gasteiger partial charge in [0, 0.05) is 30.2 Å². The van der Waals surface area contributed by atoms with E-state index in [2.05, 4.69) is 5.32 Å². The number of nitrogens with zero attached hydrogens (tertiary/aromatic N) is 1. The fraction of sp³-hybridized carbons (Fsp3) is 0.667. The van der Waals surface area contributed by atoms with Gasteiger partial charge in [-0.1, -0.05) is 0 Å². The third-order valence-electron chi connectivity index (χ3n) is 1.58. The number of rotatable bonds is 0. The molecule has 0 atom stereocenters. The van der Waals surface area contributed by atoms with Crippen molar-refractivity contribution >= 4 is 24.3 Å². The molecule has 1 aliphatic heterocycles. The first-order valence-corrected chi connectivity index (χ1v) is 3.72. The number of guanidine groups is 2. The van der Waals surface area contributed by atoms with E-state index in [-0.39, 0.29) is 41.4 Å². The fourth-order valence-corrected chi connectivity index (χ4v) is 0.994. The molecule has 1 heterocycles. The molecule has 0 aromatic heterocycles. The third-order valence-corrected chi connectivity index (χ3v) is 1.58. The van der Waals surface area contributed by atoms with Crippen LogP contribution in [-0.4, -0.2) is 43.1 Å². The molecule has 0 aliphatic carbocycles. The van der Waals surface area contributed by atoms with E-state index in [1.807, 2.05) is 0 Å². The van der Waals surface area contributed by atoms with Crippen LogP contribution in [0.2, 0.25) is 0 Å². The van der Waals surface area contributed by atoms with Crippen LogP contribution in [0.1, 0.15) is 0 Å². The van der Waals surface area contributed by atoms with Gasteiger partial charge < -0.3 is 15.4 Å². The first-order chi connectivity index (χ1) is 5.70. The fourth-order valence-electron chi connectivity index (χ4n) is 0.994. The van der Waals surface area contributed by atoms with Crippen LogP contribution in [0.5, 0.6) is 0 Å². The summed E-state index contributed by atoms with van der Waals surface area (Å²) in [5.41, 5.74) is 5.07. The number of morpholine rings is 1. The smallest absolute Gasteiger partial charge is 0.198 e. The molecule has 0 unspecified atom stereocenters. The summed E-state index contributed by atoms with van der Waals surface area (Å²) in [7, 11) is 0. The molecule has 1 rings (SSSR count). The summed E-state index contributed by atoms with van der Waals surface area (Å²) in [6.07, 6.45) is 0. The van der Waals surface area contributed by atoms with Crippen molar-refractivity contribution in [1.29, 1.82) is 10.8 Å². The van der Waals surface area contributed by atoms with Crippen molar-refractivity contribution in [2.24, 2.45) is 5.73 Å². The van der Waals surface area contributed by atoms with Crippen LogP contribution in [0.25, 0.3) is 0 Å². The van der Waals surface area contributed by atoms with E-state index in [1.54, 1.807) is 4.90 Å². The molecule has 1 fully saturated rings. The van der Waals surface area contributed by atoms with E-state index in [1.165, 1.54) is 0 Å². The van der Waals surface area contributed by atoms with Crippen molar-refractivity contribution in [2.45, 2.75) is 0 Å². The molecule has 1 radical (unpaired) electrons. The maximum absolute atomic E-state index is 7.45. The SMILES string of the molecule is Cl.N=C(N)NC(=N)N1CCOCC1.[Cu]. The van der Waals surface area contributed by atoms with Crippen LogP contribution in [-0.2, 0) is 21.8 Å². The van der Waals surface area contributed by atoms with Gasteiger partial charge in [0.1, 0.15) is 0 Å². The molecule has 0 bridgehead atoms. The predicted octanol–water partition coefficient (Wildman–Crippen LogP) is -0.844. The molecular formula is C6H14ClCuN5O. The second kappa shape index (κ2) is 7.87. The minimum absolute atomic E-state index is 0. The zero-order chi connectivity index (χ0) is 8.97. The topological polar surface area (TPSA) is 98.2 Å². The van der Waals surface area contributed by atoms with Crippen molar-refractivity contribution < 1.29 is 21.8 Å². The van der Waals surface area contributed by atoms with Gasteiger partial charge in [0.25, 0.3) is 0 Å².